The topological polar surface area (TPSA) is 38.0 Å². The number of rotatable bonds is 3. The molecule has 1 aromatic rings. The largest absolute Gasteiger partial charge is 0.271 e. The highest BCUT2D eigenvalue weighted by Crippen LogP contribution is 2.35. The molecular weight excluding hydrogens is 223 g/mol. The summed E-state index contributed by atoms with van der Waals surface area (Å²) < 4.78 is 13.3. The highest BCUT2D eigenvalue weighted by atomic mass is 32.2. The summed E-state index contributed by atoms with van der Waals surface area (Å²) in [5.41, 5.74) is 4.94. The predicted octanol–water partition coefficient (Wildman–Crippen LogP) is 2.39. The zero-order valence-electron chi connectivity index (χ0n) is 9.37. The summed E-state index contributed by atoms with van der Waals surface area (Å²) in [6.45, 7) is 2.00. The molecule has 1 heterocycles. The Kier molecular flexibility index (Phi) is 3.84. The lowest BCUT2D eigenvalue weighted by atomic mass is 9.90. The minimum Gasteiger partial charge on any atom is -0.271 e. The number of thioether (sulfide) groups is 1. The van der Waals surface area contributed by atoms with E-state index < -0.39 is 0 Å². The van der Waals surface area contributed by atoms with E-state index in [-0.39, 0.29) is 11.9 Å². The maximum Gasteiger partial charge on any atom is 0.123 e. The smallest absolute Gasteiger partial charge is 0.123 e. The second kappa shape index (κ2) is 5.17. The van der Waals surface area contributed by atoms with Crippen LogP contribution in [0.3, 0.4) is 0 Å². The van der Waals surface area contributed by atoms with Gasteiger partial charge in [0.1, 0.15) is 5.82 Å². The van der Waals surface area contributed by atoms with Crippen LogP contribution in [0, 0.1) is 18.7 Å². The molecule has 2 unspecified atom stereocenters. The van der Waals surface area contributed by atoms with Crippen LogP contribution in [-0.4, -0.2) is 11.5 Å². The summed E-state index contributed by atoms with van der Waals surface area (Å²) in [4.78, 5) is 0. The van der Waals surface area contributed by atoms with Crippen molar-refractivity contribution < 1.29 is 4.39 Å². The molecule has 0 radical (unpaired) electrons. The monoisotopic (exact) mass is 240 g/mol. The van der Waals surface area contributed by atoms with Gasteiger partial charge in [0, 0.05) is 6.04 Å². The molecule has 0 spiro atoms. The van der Waals surface area contributed by atoms with Crippen LogP contribution in [0.25, 0.3) is 0 Å². The molecule has 2 rings (SSSR count). The molecule has 0 amide bonds. The van der Waals surface area contributed by atoms with Crippen LogP contribution in [0.1, 0.15) is 23.6 Å². The highest BCUT2D eigenvalue weighted by Gasteiger charge is 2.27. The summed E-state index contributed by atoms with van der Waals surface area (Å²) in [5.74, 6) is 8.22. The first-order chi connectivity index (χ1) is 7.72. The van der Waals surface area contributed by atoms with Gasteiger partial charge in [-0.15, -0.1) is 0 Å². The van der Waals surface area contributed by atoms with Crippen molar-refractivity contribution in [1.29, 1.82) is 0 Å². The maximum atomic E-state index is 13.3. The fourth-order valence-electron chi connectivity index (χ4n) is 2.24. The van der Waals surface area contributed by atoms with E-state index in [0.29, 0.717) is 5.92 Å². The third-order valence-corrected chi connectivity index (χ3v) is 4.38. The molecule has 4 heteroatoms. The minimum atomic E-state index is -0.188. The van der Waals surface area contributed by atoms with Gasteiger partial charge >= 0.3 is 0 Å². The van der Waals surface area contributed by atoms with Gasteiger partial charge < -0.3 is 0 Å². The summed E-state index contributed by atoms with van der Waals surface area (Å²) in [7, 11) is 0. The summed E-state index contributed by atoms with van der Waals surface area (Å²) in [6.07, 6.45) is 1.15. The molecule has 1 aliphatic heterocycles. The van der Waals surface area contributed by atoms with Gasteiger partial charge in [0.25, 0.3) is 0 Å². The predicted molar refractivity (Wildman–Crippen MR) is 66.6 cm³/mol. The van der Waals surface area contributed by atoms with Gasteiger partial charge in [-0.25, -0.2) is 4.39 Å². The number of hydrazine groups is 1. The molecule has 0 saturated carbocycles. The van der Waals surface area contributed by atoms with E-state index in [4.69, 9.17) is 5.84 Å². The van der Waals surface area contributed by atoms with E-state index in [1.165, 1.54) is 11.8 Å². The first-order valence-electron chi connectivity index (χ1n) is 5.52. The lowest BCUT2D eigenvalue weighted by Gasteiger charge is -2.24. The molecule has 0 bridgehead atoms. The third kappa shape index (κ3) is 2.39. The molecule has 2 nitrogen and oxygen atoms in total. The maximum absolute atomic E-state index is 13.3. The van der Waals surface area contributed by atoms with E-state index in [1.807, 2.05) is 24.8 Å². The first kappa shape index (κ1) is 11.9. The first-order valence-corrected chi connectivity index (χ1v) is 6.67. The van der Waals surface area contributed by atoms with Crippen LogP contribution < -0.4 is 11.3 Å². The molecule has 1 aliphatic rings. The molecule has 0 aromatic heterocycles. The summed E-state index contributed by atoms with van der Waals surface area (Å²) >= 11 is 1.94. The van der Waals surface area contributed by atoms with Gasteiger partial charge in [0.2, 0.25) is 0 Å². The molecule has 1 saturated heterocycles. The van der Waals surface area contributed by atoms with Crippen molar-refractivity contribution in [2.45, 2.75) is 19.4 Å². The van der Waals surface area contributed by atoms with Crippen LogP contribution >= 0.6 is 11.8 Å². The number of halogens is 1. The van der Waals surface area contributed by atoms with Gasteiger partial charge in [-0.2, -0.15) is 11.8 Å². The van der Waals surface area contributed by atoms with E-state index >= 15 is 0 Å². The molecule has 16 heavy (non-hydrogen) atoms. The standard InChI is InChI=1S/C12H17FN2S/c1-8-2-3-10(13)6-11(8)12(15-14)9-4-5-16-7-9/h2-3,6,9,12,15H,4-5,7,14H2,1H3. The van der Waals surface area contributed by atoms with Crippen molar-refractivity contribution in [2.75, 3.05) is 11.5 Å². The molecule has 3 N–H and O–H groups in total. The van der Waals surface area contributed by atoms with Crippen LogP contribution in [0.5, 0.6) is 0 Å². The highest BCUT2D eigenvalue weighted by molar-refractivity contribution is 7.99. The number of nitrogens with two attached hydrogens (primary N) is 1. The molecule has 1 aromatic carbocycles. The van der Waals surface area contributed by atoms with E-state index in [1.54, 1.807) is 6.07 Å². The van der Waals surface area contributed by atoms with Crippen molar-refractivity contribution >= 4 is 11.8 Å². The Bertz CT molecular complexity index is 364. The second-order valence-corrected chi connectivity index (χ2v) is 5.42. The Morgan fingerprint density at radius 2 is 2.38 bits per heavy atom. The lowest BCUT2D eigenvalue weighted by Crippen LogP contribution is -2.34. The Balaban J connectivity index is 2.28. The van der Waals surface area contributed by atoms with Crippen molar-refractivity contribution in [2.24, 2.45) is 11.8 Å². The Morgan fingerprint density at radius 1 is 1.56 bits per heavy atom. The fourth-order valence-corrected chi connectivity index (χ4v) is 3.54. The number of hydrogen-bond donors (Lipinski definition) is 2. The SMILES string of the molecule is Cc1ccc(F)cc1C(NN)C1CCSC1. The van der Waals surface area contributed by atoms with Crippen molar-refractivity contribution in [3.63, 3.8) is 0 Å². The van der Waals surface area contributed by atoms with E-state index in [2.05, 4.69) is 5.43 Å². The number of nitrogens with one attached hydrogen (secondary N) is 1. The van der Waals surface area contributed by atoms with E-state index in [0.717, 1.165) is 23.3 Å². The Hall–Kier alpha value is -0.580. The lowest BCUT2D eigenvalue weighted by molar-refractivity contribution is 0.397. The van der Waals surface area contributed by atoms with Gasteiger partial charge in [0.15, 0.2) is 0 Å². The van der Waals surface area contributed by atoms with Crippen LogP contribution in [-0.2, 0) is 0 Å². The number of benzene rings is 1. The van der Waals surface area contributed by atoms with Gasteiger partial charge in [-0.1, -0.05) is 6.07 Å². The van der Waals surface area contributed by atoms with Crippen molar-refractivity contribution in [1.82, 2.24) is 5.43 Å². The quantitative estimate of drug-likeness (QED) is 0.629. The Morgan fingerprint density at radius 3 is 3.00 bits per heavy atom. The third-order valence-electron chi connectivity index (χ3n) is 3.19. The molecule has 2 atom stereocenters. The Labute approximate surface area is 99.8 Å². The van der Waals surface area contributed by atoms with E-state index in [9.17, 15) is 4.39 Å². The van der Waals surface area contributed by atoms with Crippen LogP contribution in [0.2, 0.25) is 0 Å². The van der Waals surface area contributed by atoms with Gasteiger partial charge in [0.05, 0.1) is 0 Å². The molecular formula is C12H17FN2S. The van der Waals surface area contributed by atoms with Crippen LogP contribution in [0.15, 0.2) is 18.2 Å². The fraction of sp³-hybridized carbons (Fsp3) is 0.500. The van der Waals surface area contributed by atoms with Gasteiger partial charge in [-0.05, 0) is 54.0 Å². The second-order valence-electron chi connectivity index (χ2n) is 4.27. The zero-order valence-corrected chi connectivity index (χ0v) is 10.2. The number of hydrogen-bond acceptors (Lipinski definition) is 3. The number of aryl methyl sites for hydroxylation is 1. The molecule has 0 aliphatic carbocycles. The summed E-state index contributed by atoms with van der Waals surface area (Å²) in [5, 5.41) is 0. The van der Waals surface area contributed by atoms with Crippen molar-refractivity contribution in [3.05, 3.63) is 35.1 Å². The average molecular weight is 240 g/mol. The van der Waals surface area contributed by atoms with Crippen LogP contribution in [0.4, 0.5) is 4.39 Å². The van der Waals surface area contributed by atoms with Crippen molar-refractivity contribution in [3.8, 4) is 0 Å². The molecule has 88 valence electrons. The normalized spacial score (nSPS) is 22.3. The average Bonchev–Trinajstić information content (AvgIpc) is 2.78. The van der Waals surface area contributed by atoms with Gasteiger partial charge in [-0.3, -0.25) is 11.3 Å². The zero-order chi connectivity index (χ0) is 11.5. The molecule has 1 fully saturated rings. The minimum absolute atomic E-state index is 0.0747. The summed E-state index contributed by atoms with van der Waals surface area (Å²) in [6, 6.07) is 4.99.